The maximum atomic E-state index is 11.5. The van der Waals surface area contributed by atoms with Gasteiger partial charge in [0.2, 0.25) is 0 Å². The molecule has 0 unspecified atom stereocenters. The molecule has 0 aromatic heterocycles. The molecule has 0 heterocycles. The molecule has 1 rings (SSSR count). The van der Waals surface area contributed by atoms with E-state index in [1.807, 2.05) is 0 Å². The Kier molecular flexibility index (Phi) is 3.52. The molecule has 84 valence electrons. The van der Waals surface area contributed by atoms with E-state index in [0.29, 0.717) is 6.54 Å². The zero-order chi connectivity index (χ0) is 10.8. The Balaban J connectivity index is 2.58. The van der Waals surface area contributed by atoms with Crippen LogP contribution in [0.2, 0.25) is 0 Å². The molecule has 4 N–H and O–H groups in total. The van der Waals surface area contributed by atoms with Gasteiger partial charge in [-0.3, -0.25) is 0 Å². The van der Waals surface area contributed by atoms with Gasteiger partial charge in [0.05, 0.1) is 0 Å². The van der Waals surface area contributed by atoms with Crippen molar-refractivity contribution in [3.05, 3.63) is 0 Å². The molecule has 1 aliphatic rings. The molecular formula is C8H19N3O2S. The van der Waals surface area contributed by atoms with Gasteiger partial charge < -0.3 is 5.73 Å². The van der Waals surface area contributed by atoms with Crippen LogP contribution in [0.15, 0.2) is 0 Å². The predicted octanol–water partition coefficient (Wildman–Crippen LogP) is -0.300. The summed E-state index contributed by atoms with van der Waals surface area (Å²) in [6, 6.07) is -0.0950. The van der Waals surface area contributed by atoms with Gasteiger partial charge in [0.15, 0.2) is 0 Å². The van der Waals surface area contributed by atoms with Gasteiger partial charge >= 0.3 is 0 Å². The van der Waals surface area contributed by atoms with Gasteiger partial charge in [-0.2, -0.15) is 17.9 Å². The van der Waals surface area contributed by atoms with E-state index in [4.69, 9.17) is 5.73 Å². The smallest absolute Gasteiger partial charge is 0.277 e. The molecule has 1 aliphatic carbocycles. The molecule has 0 radical (unpaired) electrons. The molecule has 0 amide bonds. The number of hydrogen-bond donors (Lipinski definition) is 3. The lowest BCUT2D eigenvalue weighted by Crippen LogP contribution is -2.60. The monoisotopic (exact) mass is 221 g/mol. The SMILES string of the molecule is CC(C)NS(=O)(=O)NC1(CN)CCC1. The van der Waals surface area contributed by atoms with Gasteiger partial charge in [0.1, 0.15) is 0 Å². The highest BCUT2D eigenvalue weighted by atomic mass is 32.2. The summed E-state index contributed by atoms with van der Waals surface area (Å²) in [5, 5.41) is 0. The van der Waals surface area contributed by atoms with Crippen molar-refractivity contribution in [2.24, 2.45) is 5.73 Å². The summed E-state index contributed by atoms with van der Waals surface area (Å²) in [6.07, 6.45) is 2.71. The first-order valence-electron chi connectivity index (χ1n) is 4.90. The molecule has 0 saturated heterocycles. The molecule has 6 heteroatoms. The summed E-state index contributed by atoms with van der Waals surface area (Å²) in [6.45, 7) is 3.94. The van der Waals surface area contributed by atoms with Crippen LogP contribution in [0.5, 0.6) is 0 Å². The Morgan fingerprint density at radius 3 is 2.29 bits per heavy atom. The van der Waals surface area contributed by atoms with Gasteiger partial charge in [-0.25, -0.2) is 0 Å². The van der Waals surface area contributed by atoms with Gasteiger partial charge in [-0.15, -0.1) is 0 Å². The topological polar surface area (TPSA) is 84.2 Å². The molecular weight excluding hydrogens is 202 g/mol. The third-order valence-electron chi connectivity index (χ3n) is 2.44. The predicted molar refractivity (Wildman–Crippen MR) is 56.0 cm³/mol. The van der Waals surface area contributed by atoms with E-state index >= 15 is 0 Å². The minimum absolute atomic E-state index is 0.0950. The van der Waals surface area contributed by atoms with Crippen molar-refractivity contribution in [1.29, 1.82) is 0 Å². The van der Waals surface area contributed by atoms with Crippen LogP contribution in [0.4, 0.5) is 0 Å². The third-order valence-corrected chi connectivity index (χ3v) is 3.93. The highest BCUT2D eigenvalue weighted by molar-refractivity contribution is 7.87. The fraction of sp³-hybridized carbons (Fsp3) is 1.00. The average Bonchev–Trinajstić information content (AvgIpc) is 1.94. The molecule has 1 fully saturated rings. The molecule has 0 aromatic carbocycles. The van der Waals surface area contributed by atoms with Crippen LogP contribution < -0.4 is 15.2 Å². The van der Waals surface area contributed by atoms with E-state index < -0.39 is 10.2 Å². The lowest BCUT2D eigenvalue weighted by atomic mass is 9.78. The van der Waals surface area contributed by atoms with Crippen molar-refractivity contribution in [1.82, 2.24) is 9.44 Å². The van der Waals surface area contributed by atoms with Gasteiger partial charge in [-0.1, -0.05) is 0 Å². The largest absolute Gasteiger partial charge is 0.329 e. The van der Waals surface area contributed by atoms with Crippen molar-refractivity contribution >= 4 is 10.2 Å². The standard InChI is InChI=1S/C8H19N3O2S/c1-7(2)10-14(12,13)11-8(6-9)4-3-5-8/h7,10-11H,3-6,9H2,1-2H3. The quantitative estimate of drug-likeness (QED) is 0.596. The molecule has 0 aromatic rings. The van der Waals surface area contributed by atoms with Crippen molar-refractivity contribution in [2.75, 3.05) is 6.54 Å². The second-order valence-corrected chi connectivity index (χ2v) is 5.66. The van der Waals surface area contributed by atoms with Crippen LogP contribution in [0, 0.1) is 0 Å². The summed E-state index contributed by atoms with van der Waals surface area (Å²) in [7, 11) is -3.39. The van der Waals surface area contributed by atoms with Crippen molar-refractivity contribution in [3.8, 4) is 0 Å². The Hall–Kier alpha value is -0.170. The molecule has 0 spiro atoms. The van der Waals surface area contributed by atoms with Crippen molar-refractivity contribution in [3.63, 3.8) is 0 Å². The number of hydrogen-bond acceptors (Lipinski definition) is 3. The van der Waals surface area contributed by atoms with E-state index in [0.717, 1.165) is 19.3 Å². The Labute approximate surface area is 85.6 Å². The number of nitrogens with one attached hydrogen (secondary N) is 2. The number of rotatable bonds is 5. The van der Waals surface area contributed by atoms with E-state index in [-0.39, 0.29) is 11.6 Å². The van der Waals surface area contributed by atoms with Crippen LogP contribution >= 0.6 is 0 Å². The first-order valence-corrected chi connectivity index (χ1v) is 6.39. The Morgan fingerprint density at radius 2 is 2.00 bits per heavy atom. The fourth-order valence-corrected chi connectivity index (χ4v) is 3.11. The second-order valence-electron chi connectivity index (χ2n) is 4.22. The minimum atomic E-state index is -3.39. The van der Waals surface area contributed by atoms with Crippen LogP contribution in [0.1, 0.15) is 33.1 Å². The van der Waals surface area contributed by atoms with E-state index in [1.54, 1.807) is 13.8 Å². The molecule has 0 atom stereocenters. The zero-order valence-corrected chi connectivity index (χ0v) is 9.52. The Morgan fingerprint density at radius 1 is 1.43 bits per heavy atom. The summed E-state index contributed by atoms with van der Waals surface area (Å²) >= 11 is 0. The van der Waals surface area contributed by atoms with Crippen LogP contribution in [-0.2, 0) is 10.2 Å². The van der Waals surface area contributed by atoms with E-state index in [1.165, 1.54) is 0 Å². The van der Waals surface area contributed by atoms with Gasteiger partial charge in [-0.05, 0) is 33.1 Å². The highest BCUT2D eigenvalue weighted by Crippen LogP contribution is 2.31. The summed E-state index contributed by atoms with van der Waals surface area (Å²) in [5.41, 5.74) is 5.16. The van der Waals surface area contributed by atoms with Crippen LogP contribution in [0.25, 0.3) is 0 Å². The maximum absolute atomic E-state index is 11.5. The van der Waals surface area contributed by atoms with Crippen molar-refractivity contribution in [2.45, 2.75) is 44.7 Å². The fourth-order valence-electron chi connectivity index (χ4n) is 1.58. The summed E-state index contributed by atoms with van der Waals surface area (Å²) in [4.78, 5) is 0. The summed E-state index contributed by atoms with van der Waals surface area (Å²) in [5.74, 6) is 0. The number of nitrogens with two attached hydrogens (primary N) is 1. The molecule has 0 bridgehead atoms. The molecule has 5 nitrogen and oxygen atoms in total. The summed E-state index contributed by atoms with van der Waals surface area (Å²) < 4.78 is 28.2. The zero-order valence-electron chi connectivity index (χ0n) is 8.71. The van der Waals surface area contributed by atoms with Crippen molar-refractivity contribution < 1.29 is 8.42 Å². The second kappa shape index (κ2) is 4.14. The van der Waals surface area contributed by atoms with E-state index in [2.05, 4.69) is 9.44 Å². The highest BCUT2D eigenvalue weighted by Gasteiger charge is 2.39. The average molecular weight is 221 g/mol. The minimum Gasteiger partial charge on any atom is -0.329 e. The Bertz CT molecular complexity index is 277. The maximum Gasteiger partial charge on any atom is 0.277 e. The first kappa shape index (κ1) is 11.9. The lowest BCUT2D eigenvalue weighted by Gasteiger charge is -2.41. The lowest BCUT2D eigenvalue weighted by molar-refractivity contribution is 0.229. The van der Waals surface area contributed by atoms with Gasteiger partial charge in [0.25, 0.3) is 10.2 Å². The normalized spacial score (nSPS) is 20.9. The van der Waals surface area contributed by atoms with Gasteiger partial charge in [0, 0.05) is 18.1 Å². The van der Waals surface area contributed by atoms with E-state index in [9.17, 15) is 8.42 Å². The van der Waals surface area contributed by atoms with Crippen LogP contribution in [-0.4, -0.2) is 26.5 Å². The molecule has 0 aliphatic heterocycles. The molecule has 14 heavy (non-hydrogen) atoms. The molecule has 1 saturated carbocycles. The third kappa shape index (κ3) is 2.91. The van der Waals surface area contributed by atoms with Crippen LogP contribution in [0.3, 0.4) is 0 Å². The first-order chi connectivity index (χ1) is 6.39.